The van der Waals surface area contributed by atoms with Crippen LogP contribution in [0, 0.1) is 12.8 Å². The molecule has 0 aliphatic rings. The first-order valence-corrected chi connectivity index (χ1v) is 5.99. The summed E-state index contributed by atoms with van der Waals surface area (Å²) in [5, 5.41) is 2.91. The minimum atomic E-state index is -0.434. The average molecular weight is 250 g/mol. The molecular weight excluding hydrogens is 232 g/mol. The number of nitrogens with one attached hydrogen (secondary N) is 1. The van der Waals surface area contributed by atoms with E-state index in [1.807, 2.05) is 38.1 Å². The van der Waals surface area contributed by atoms with Crippen LogP contribution in [0.3, 0.4) is 0 Å². The van der Waals surface area contributed by atoms with Gasteiger partial charge in [-0.2, -0.15) is 0 Å². The molecule has 0 aromatic heterocycles. The predicted molar refractivity (Wildman–Crippen MR) is 73.7 cm³/mol. The topological polar surface area (TPSA) is 55.1 Å². The molecule has 0 spiro atoms. The number of hydrogen-bond acceptors (Lipinski definition) is 2. The van der Waals surface area contributed by atoms with Gasteiger partial charge in [-0.15, -0.1) is 0 Å². The van der Waals surface area contributed by atoms with E-state index in [0.717, 1.165) is 11.1 Å². The standard InChI is InChI=1S/C13H18N2OS/c1-8-6-4-5-7-11(8)10(3)15-13(16)9(2)12(14)17/h4-7,9-10H,1-3H3,(H2,14,17)(H,15,16). The zero-order valence-corrected chi connectivity index (χ0v) is 11.2. The van der Waals surface area contributed by atoms with Gasteiger partial charge in [-0.25, -0.2) is 0 Å². The van der Waals surface area contributed by atoms with Crippen molar-refractivity contribution in [3.8, 4) is 0 Å². The van der Waals surface area contributed by atoms with E-state index in [1.165, 1.54) is 0 Å². The second kappa shape index (κ2) is 5.77. The van der Waals surface area contributed by atoms with Crippen LogP contribution >= 0.6 is 12.2 Å². The zero-order valence-electron chi connectivity index (χ0n) is 10.4. The van der Waals surface area contributed by atoms with Crippen molar-refractivity contribution < 1.29 is 4.79 Å². The van der Waals surface area contributed by atoms with Gasteiger partial charge in [-0.3, -0.25) is 4.79 Å². The largest absolute Gasteiger partial charge is 0.393 e. The molecule has 2 unspecified atom stereocenters. The highest BCUT2D eigenvalue weighted by Gasteiger charge is 2.18. The molecule has 2 atom stereocenters. The van der Waals surface area contributed by atoms with Gasteiger partial charge in [0.05, 0.1) is 16.9 Å². The van der Waals surface area contributed by atoms with Crippen LogP contribution < -0.4 is 11.1 Å². The van der Waals surface area contributed by atoms with Crippen LogP contribution in [0.25, 0.3) is 0 Å². The van der Waals surface area contributed by atoms with Gasteiger partial charge in [0.1, 0.15) is 0 Å². The van der Waals surface area contributed by atoms with Crippen LogP contribution in [0.5, 0.6) is 0 Å². The van der Waals surface area contributed by atoms with E-state index in [4.69, 9.17) is 18.0 Å². The summed E-state index contributed by atoms with van der Waals surface area (Å²) in [6, 6.07) is 7.92. The summed E-state index contributed by atoms with van der Waals surface area (Å²) in [7, 11) is 0. The van der Waals surface area contributed by atoms with Crippen LogP contribution in [0.15, 0.2) is 24.3 Å². The lowest BCUT2D eigenvalue weighted by atomic mass is 10.0. The van der Waals surface area contributed by atoms with Gasteiger partial charge in [0, 0.05) is 0 Å². The molecule has 1 rings (SSSR count). The first kappa shape index (κ1) is 13.6. The molecule has 1 aromatic carbocycles. The van der Waals surface area contributed by atoms with Crippen molar-refractivity contribution in [2.75, 3.05) is 0 Å². The van der Waals surface area contributed by atoms with E-state index in [0.29, 0.717) is 0 Å². The molecule has 4 heteroatoms. The molecule has 0 saturated carbocycles. The minimum absolute atomic E-state index is 0.0412. The highest BCUT2D eigenvalue weighted by atomic mass is 32.1. The third-order valence-corrected chi connectivity index (χ3v) is 3.19. The maximum absolute atomic E-state index is 11.8. The number of rotatable bonds is 4. The minimum Gasteiger partial charge on any atom is -0.393 e. The van der Waals surface area contributed by atoms with Crippen LogP contribution in [0.1, 0.15) is 31.0 Å². The fourth-order valence-electron chi connectivity index (χ4n) is 1.62. The summed E-state index contributed by atoms with van der Waals surface area (Å²) in [4.78, 5) is 12.0. The lowest BCUT2D eigenvalue weighted by molar-refractivity contribution is -0.123. The van der Waals surface area contributed by atoms with Gasteiger partial charge in [0.25, 0.3) is 0 Å². The first-order chi connectivity index (χ1) is 7.93. The van der Waals surface area contributed by atoms with Crippen molar-refractivity contribution in [3.05, 3.63) is 35.4 Å². The summed E-state index contributed by atoms with van der Waals surface area (Å²) in [6.45, 7) is 5.68. The second-order valence-corrected chi connectivity index (χ2v) is 4.68. The number of nitrogens with two attached hydrogens (primary N) is 1. The monoisotopic (exact) mass is 250 g/mol. The van der Waals surface area contributed by atoms with Crippen molar-refractivity contribution in [2.24, 2.45) is 11.7 Å². The van der Waals surface area contributed by atoms with Gasteiger partial charge >= 0.3 is 0 Å². The third-order valence-electron chi connectivity index (χ3n) is 2.83. The molecular formula is C13H18N2OS. The van der Waals surface area contributed by atoms with E-state index < -0.39 is 5.92 Å². The SMILES string of the molecule is Cc1ccccc1C(C)NC(=O)C(C)C(N)=S. The Hall–Kier alpha value is -1.42. The van der Waals surface area contributed by atoms with Crippen molar-refractivity contribution in [3.63, 3.8) is 0 Å². The average Bonchev–Trinajstić information content (AvgIpc) is 2.28. The maximum Gasteiger partial charge on any atom is 0.230 e. The van der Waals surface area contributed by atoms with Crippen molar-refractivity contribution in [2.45, 2.75) is 26.8 Å². The maximum atomic E-state index is 11.8. The first-order valence-electron chi connectivity index (χ1n) is 5.58. The van der Waals surface area contributed by atoms with Gasteiger partial charge < -0.3 is 11.1 Å². The Balaban J connectivity index is 2.73. The van der Waals surface area contributed by atoms with Crippen molar-refractivity contribution in [1.82, 2.24) is 5.32 Å². The number of aryl methyl sites for hydroxylation is 1. The fourth-order valence-corrected chi connectivity index (χ4v) is 1.73. The number of amides is 1. The number of carbonyl (C=O) groups is 1. The van der Waals surface area contributed by atoms with Gasteiger partial charge in [-0.05, 0) is 31.9 Å². The van der Waals surface area contributed by atoms with Crippen molar-refractivity contribution >= 4 is 23.1 Å². The Morgan fingerprint density at radius 3 is 2.47 bits per heavy atom. The Morgan fingerprint density at radius 2 is 1.94 bits per heavy atom. The molecule has 0 radical (unpaired) electrons. The molecule has 0 aliphatic heterocycles. The number of thiocarbonyl (C=S) groups is 1. The summed E-state index contributed by atoms with van der Waals surface area (Å²) < 4.78 is 0. The molecule has 1 amide bonds. The molecule has 17 heavy (non-hydrogen) atoms. The molecule has 92 valence electrons. The fraction of sp³-hybridized carbons (Fsp3) is 0.385. The number of carbonyl (C=O) groups excluding carboxylic acids is 1. The van der Waals surface area contributed by atoms with Crippen LogP contribution in [-0.4, -0.2) is 10.9 Å². The quantitative estimate of drug-likeness (QED) is 0.805. The molecule has 3 nitrogen and oxygen atoms in total. The summed E-state index contributed by atoms with van der Waals surface area (Å²) in [6.07, 6.45) is 0. The zero-order chi connectivity index (χ0) is 13.0. The molecule has 0 fully saturated rings. The number of benzene rings is 1. The van der Waals surface area contributed by atoms with E-state index in [-0.39, 0.29) is 16.9 Å². The van der Waals surface area contributed by atoms with Crippen LogP contribution in [0.4, 0.5) is 0 Å². The van der Waals surface area contributed by atoms with E-state index in [1.54, 1.807) is 6.92 Å². The smallest absolute Gasteiger partial charge is 0.230 e. The summed E-state index contributed by atoms with van der Waals surface area (Å²) >= 11 is 4.81. The predicted octanol–water partition coefficient (Wildman–Crippen LogP) is 2.09. The highest BCUT2D eigenvalue weighted by molar-refractivity contribution is 7.80. The van der Waals surface area contributed by atoms with Crippen molar-refractivity contribution in [1.29, 1.82) is 0 Å². The van der Waals surface area contributed by atoms with Gasteiger partial charge in [0.15, 0.2) is 0 Å². The Bertz CT molecular complexity index is 431. The molecule has 0 bridgehead atoms. The van der Waals surface area contributed by atoms with E-state index in [2.05, 4.69) is 5.32 Å². The lowest BCUT2D eigenvalue weighted by Gasteiger charge is -2.18. The van der Waals surface area contributed by atoms with Crippen LogP contribution in [0.2, 0.25) is 0 Å². The van der Waals surface area contributed by atoms with Gasteiger partial charge in [0.2, 0.25) is 5.91 Å². The third kappa shape index (κ3) is 3.53. The molecule has 1 aromatic rings. The lowest BCUT2D eigenvalue weighted by Crippen LogP contribution is -2.37. The number of hydrogen-bond donors (Lipinski definition) is 2. The Morgan fingerprint density at radius 1 is 1.35 bits per heavy atom. The molecule has 3 N–H and O–H groups in total. The molecule has 0 heterocycles. The van der Waals surface area contributed by atoms with Crippen LogP contribution in [-0.2, 0) is 4.79 Å². The van der Waals surface area contributed by atoms with E-state index in [9.17, 15) is 4.79 Å². The Kier molecular flexibility index (Phi) is 4.63. The molecule has 0 saturated heterocycles. The van der Waals surface area contributed by atoms with Gasteiger partial charge in [-0.1, -0.05) is 36.5 Å². The Labute approximate surface area is 107 Å². The second-order valence-electron chi connectivity index (χ2n) is 4.21. The van der Waals surface area contributed by atoms with E-state index >= 15 is 0 Å². The highest BCUT2D eigenvalue weighted by Crippen LogP contribution is 2.17. The normalized spacial score (nSPS) is 13.8. The molecule has 0 aliphatic carbocycles. The summed E-state index contributed by atoms with van der Waals surface area (Å²) in [5.74, 6) is -0.565. The summed E-state index contributed by atoms with van der Waals surface area (Å²) in [5.41, 5.74) is 7.72.